The minimum atomic E-state index is -1.32. The summed E-state index contributed by atoms with van der Waals surface area (Å²) >= 11 is 0. The van der Waals surface area contributed by atoms with Crippen molar-refractivity contribution >= 4 is 23.5 Å². The van der Waals surface area contributed by atoms with Crippen LogP contribution in [0.5, 0.6) is 5.75 Å². The predicted molar refractivity (Wildman–Crippen MR) is 134 cm³/mol. The number of methoxy groups -OCH3 is 1. The quantitative estimate of drug-likeness (QED) is 0.486. The van der Waals surface area contributed by atoms with Crippen molar-refractivity contribution in [3.05, 3.63) is 77.1 Å². The predicted octanol–water partition coefficient (Wildman–Crippen LogP) is 3.37. The smallest absolute Gasteiger partial charge is 0.358 e. The Morgan fingerprint density at radius 3 is 2.50 bits per heavy atom. The summed E-state index contributed by atoms with van der Waals surface area (Å²) < 4.78 is 11.9. The summed E-state index contributed by atoms with van der Waals surface area (Å²) in [5.74, 6) is -0.750. The lowest BCUT2D eigenvalue weighted by Crippen LogP contribution is -2.64. The van der Waals surface area contributed by atoms with E-state index in [4.69, 9.17) is 9.47 Å². The second-order valence-electron chi connectivity index (χ2n) is 8.72. The number of carbonyl (C=O) groups is 3. The van der Waals surface area contributed by atoms with E-state index < -0.39 is 17.4 Å². The van der Waals surface area contributed by atoms with Crippen molar-refractivity contribution < 1.29 is 23.9 Å². The largest absolute Gasteiger partial charge is 0.496 e. The van der Waals surface area contributed by atoms with Crippen LogP contribution in [0.25, 0.3) is 0 Å². The minimum Gasteiger partial charge on any atom is -0.496 e. The van der Waals surface area contributed by atoms with Gasteiger partial charge in [-0.25, -0.2) is 4.79 Å². The highest BCUT2D eigenvalue weighted by Gasteiger charge is 2.49. The highest BCUT2D eigenvalue weighted by molar-refractivity contribution is 6.12. The molecule has 1 atom stereocenters. The third-order valence-electron chi connectivity index (χ3n) is 6.36. The molecule has 36 heavy (non-hydrogen) atoms. The highest BCUT2D eigenvalue weighted by atomic mass is 16.5. The number of hydrogen-bond acceptors (Lipinski definition) is 6. The van der Waals surface area contributed by atoms with Crippen LogP contribution in [0.4, 0.5) is 5.69 Å². The zero-order valence-corrected chi connectivity index (χ0v) is 20.9. The average molecular weight is 491 g/mol. The number of carbonyl (C=O) groups excluding carboxylic acids is 3. The molecule has 9 nitrogen and oxygen atoms in total. The number of hydrogen-bond donors (Lipinski definition) is 1. The fourth-order valence-electron chi connectivity index (χ4n) is 4.39. The van der Waals surface area contributed by atoms with Gasteiger partial charge >= 0.3 is 5.97 Å². The van der Waals surface area contributed by atoms with E-state index in [2.05, 4.69) is 10.4 Å². The molecule has 0 spiro atoms. The first-order valence-corrected chi connectivity index (χ1v) is 11.9. The van der Waals surface area contributed by atoms with Gasteiger partial charge in [0.25, 0.3) is 5.91 Å². The number of ether oxygens (including phenoxy) is 2. The van der Waals surface area contributed by atoms with Crippen LogP contribution in [0, 0.1) is 0 Å². The number of nitrogens with one attached hydrogen (secondary N) is 1. The number of rotatable bonds is 8. The van der Waals surface area contributed by atoms with Crippen molar-refractivity contribution in [2.75, 3.05) is 18.6 Å². The van der Waals surface area contributed by atoms with E-state index in [1.807, 2.05) is 55.5 Å². The van der Waals surface area contributed by atoms with Crippen LogP contribution in [-0.4, -0.2) is 46.8 Å². The summed E-state index contributed by atoms with van der Waals surface area (Å²) in [5.41, 5.74) is 1.42. The first-order chi connectivity index (χ1) is 17.3. The van der Waals surface area contributed by atoms with Crippen LogP contribution in [0.3, 0.4) is 0 Å². The van der Waals surface area contributed by atoms with E-state index in [9.17, 15) is 14.4 Å². The van der Waals surface area contributed by atoms with Crippen molar-refractivity contribution in [3.8, 4) is 5.75 Å². The molecular formula is C27H30N4O5. The molecule has 2 aromatic carbocycles. The van der Waals surface area contributed by atoms with Crippen molar-refractivity contribution in [2.45, 2.75) is 45.8 Å². The van der Waals surface area contributed by atoms with Crippen LogP contribution < -0.4 is 15.0 Å². The summed E-state index contributed by atoms with van der Waals surface area (Å²) in [6.45, 7) is 5.91. The maximum atomic E-state index is 13.8. The molecule has 9 heteroatoms. The van der Waals surface area contributed by atoms with Gasteiger partial charge in [0.1, 0.15) is 17.0 Å². The van der Waals surface area contributed by atoms with Gasteiger partial charge in [0.05, 0.1) is 20.3 Å². The van der Waals surface area contributed by atoms with Crippen LogP contribution in [0.15, 0.2) is 54.6 Å². The fraction of sp³-hybridized carbons (Fsp3) is 0.333. The Hall–Kier alpha value is -4.14. The Balaban J connectivity index is 1.72. The summed E-state index contributed by atoms with van der Waals surface area (Å²) in [6, 6.07) is 16.4. The standard InChI is InChI=1S/C27H30N4O5/c1-5-18-11-13-20(14-12-18)31-24(32)22-15-21(25(33)36-6-2)29-30(22)17-27(31,3)26(34)28-16-19-9-7-8-10-23(19)35-4/h7-15H,5-6,16-17H2,1-4H3,(H,28,34). The summed E-state index contributed by atoms with van der Waals surface area (Å²) in [5, 5.41) is 7.26. The lowest BCUT2D eigenvalue weighted by atomic mass is 9.93. The second-order valence-corrected chi connectivity index (χ2v) is 8.72. The number of nitrogens with zero attached hydrogens (tertiary/aromatic N) is 3. The van der Waals surface area contributed by atoms with Crippen molar-refractivity contribution in [1.29, 1.82) is 0 Å². The monoisotopic (exact) mass is 490 g/mol. The van der Waals surface area contributed by atoms with Gasteiger partial charge in [0, 0.05) is 23.9 Å². The molecule has 1 aromatic heterocycles. The zero-order chi connectivity index (χ0) is 25.9. The van der Waals surface area contributed by atoms with Crippen LogP contribution >= 0.6 is 0 Å². The molecule has 0 fully saturated rings. The van der Waals surface area contributed by atoms with Gasteiger partial charge in [0.15, 0.2) is 5.69 Å². The number of anilines is 1. The first-order valence-electron chi connectivity index (χ1n) is 11.9. The number of benzene rings is 2. The van der Waals surface area contributed by atoms with Crippen LogP contribution in [0.2, 0.25) is 0 Å². The number of aryl methyl sites for hydroxylation is 1. The topological polar surface area (TPSA) is 103 Å². The van der Waals surface area contributed by atoms with Crippen LogP contribution in [-0.2, 0) is 29.0 Å². The van der Waals surface area contributed by atoms with Gasteiger partial charge in [-0.2, -0.15) is 5.10 Å². The number of aromatic nitrogens is 2. The van der Waals surface area contributed by atoms with E-state index >= 15 is 0 Å². The average Bonchev–Trinajstić information content (AvgIpc) is 3.32. The van der Waals surface area contributed by atoms with E-state index in [1.54, 1.807) is 21.0 Å². The maximum absolute atomic E-state index is 13.8. The van der Waals surface area contributed by atoms with Gasteiger partial charge in [-0.15, -0.1) is 0 Å². The minimum absolute atomic E-state index is 0.0279. The van der Waals surface area contributed by atoms with Gasteiger partial charge < -0.3 is 14.8 Å². The molecule has 1 aliphatic rings. The lowest BCUT2D eigenvalue weighted by Gasteiger charge is -2.43. The van der Waals surface area contributed by atoms with E-state index in [-0.39, 0.29) is 37.0 Å². The number of amides is 2. The molecule has 1 aliphatic heterocycles. The Kier molecular flexibility index (Phi) is 7.10. The Labute approximate surface area is 210 Å². The molecule has 2 heterocycles. The Morgan fingerprint density at radius 2 is 1.83 bits per heavy atom. The number of para-hydroxylation sites is 1. The highest BCUT2D eigenvalue weighted by Crippen LogP contribution is 2.33. The summed E-state index contributed by atoms with van der Waals surface area (Å²) in [7, 11) is 1.57. The van der Waals surface area contributed by atoms with Gasteiger partial charge in [-0.1, -0.05) is 37.3 Å². The molecule has 1 N–H and O–H groups in total. The molecule has 2 amide bonds. The van der Waals surface area contributed by atoms with Crippen molar-refractivity contribution in [3.63, 3.8) is 0 Å². The molecule has 0 aliphatic carbocycles. The zero-order valence-electron chi connectivity index (χ0n) is 20.9. The second kappa shape index (κ2) is 10.2. The SMILES string of the molecule is CCOC(=O)c1cc2n(n1)CC(C)(C(=O)NCc1ccccc1OC)N(c1ccc(CC)cc1)C2=O. The third kappa shape index (κ3) is 4.56. The van der Waals surface area contributed by atoms with Crippen molar-refractivity contribution in [1.82, 2.24) is 15.1 Å². The summed E-state index contributed by atoms with van der Waals surface area (Å²) in [4.78, 5) is 41.3. The number of fused-ring (bicyclic) bond motifs is 1. The van der Waals surface area contributed by atoms with E-state index in [0.717, 1.165) is 17.5 Å². The molecule has 1 unspecified atom stereocenters. The maximum Gasteiger partial charge on any atom is 0.358 e. The lowest BCUT2D eigenvalue weighted by molar-refractivity contribution is -0.126. The van der Waals surface area contributed by atoms with Crippen molar-refractivity contribution in [2.24, 2.45) is 0 Å². The fourth-order valence-corrected chi connectivity index (χ4v) is 4.39. The first kappa shape index (κ1) is 25.0. The third-order valence-corrected chi connectivity index (χ3v) is 6.36. The molecular weight excluding hydrogens is 460 g/mol. The molecule has 0 saturated heterocycles. The van der Waals surface area contributed by atoms with E-state index in [1.165, 1.54) is 15.6 Å². The Morgan fingerprint density at radius 1 is 1.11 bits per heavy atom. The number of esters is 1. The van der Waals surface area contributed by atoms with E-state index in [0.29, 0.717) is 11.4 Å². The molecule has 188 valence electrons. The Bertz CT molecular complexity index is 1280. The van der Waals surface area contributed by atoms with Gasteiger partial charge in [-0.3, -0.25) is 19.2 Å². The summed E-state index contributed by atoms with van der Waals surface area (Å²) in [6.07, 6.45) is 0.848. The van der Waals surface area contributed by atoms with Gasteiger partial charge in [-0.05, 0) is 44.0 Å². The molecule has 3 aromatic rings. The normalized spacial score (nSPS) is 16.9. The molecule has 0 radical (unpaired) electrons. The molecule has 4 rings (SSSR count). The van der Waals surface area contributed by atoms with Gasteiger partial charge in [0.2, 0.25) is 5.91 Å². The van der Waals surface area contributed by atoms with Crippen LogP contribution in [0.1, 0.15) is 52.9 Å². The molecule has 0 saturated carbocycles. The molecule has 0 bridgehead atoms.